The van der Waals surface area contributed by atoms with Crippen LogP contribution in [-0.4, -0.2) is 48.8 Å². The van der Waals surface area contributed by atoms with Crippen molar-refractivity contribution >= 4 is 17.5 Å². The molecule has 1 saturated carbocycles. The lowest BCUT2D eigenvalue weighted by Gasteiger charge is -2.39. The predicted octanol–water partition coefficient (Wildman–Crippen LogP) is 3.11. The van der Waals surface area contributed by atoms with Crippen LogP contribution in [0.15, 0.2) is 24.3 Å². The lowest BCUT2D eigenvalue weighted by Crippen LogP contribution is -2.49. The zero-order valence-electron chi connectivity index (χ0n) is 16.6. The Morgan fingerprint density at radius 2 is 1.61 bits per heavy atom. The van der Waals surface area contributed by atoms with E-state index in [-0.39, 0.29) is 23.7 Å². The minimum atomic E-state index is -0.442. The Kier molecular flexibility index (Phi) is 5.69. The average molecular weight is 386 g/mol. The molecule has 1 N–H and O–H groups in total. The molecule has 2 saturated heterocycles. The molecule has 1 aromatic rings. The van der Waals surface area contributed by atoms with Gasteiger partial charge in [-0.1, -0.05) is 18.2 Å². The van der Waals surface area contributed by atoms with Crippen molar-refractivity contribution in [1.82, 2.24) is 4.90 Å². The van der Waals surface area contributed by atoms with Gasteiger partial charge in [-0.3, -0.25) is 9.59 Å². The van der Waals surface area contributed by atoms with Crippen molar-refractivity contribution in [2.75, 3.05) is 31.6 Å². The summed E-state index contributed by atoms with van der Waals surface area (Å²) in [5.74, 6) is -0.0842. The van der Waals surface area contributed by atoms with Crippen molar-refractivity contribution in [1.29, 1.82) is 0 Å². The Morgan fingerprint density at radius 3 is 2.25 bits per heavy atom. The van der Waals surface area contributed by atoms with Gasteiger partial charge in [0.25, 0.3) is 0 Å². The second-order valence-corrected chi connectivity index (χ2v) is 8.29. The van der Waals surface area contributed by atoms with Crippen LogP contribution in [-0.2, 0) is 19.1 Å². The van der Waals surface area contributed by atoms with Gasteiger partial charge in [0, 0.05) is 43.5 Å². The molecule has 3 fully saturated rings. The summed E-state index contributed by atoms with van der Waals surface area (Å²) in [4.78, 5) is 27.5. The van der Waals surface area contributed by atoms with E-state index in [1.165, 1.54) is 0 Å². The third-order valence-corrected chi connectivity index (χ3v) is 6.50. The Hall–Kier alpha value is -1.92. The number of anilines is 1. The molecule has 0 bridgehead atoms. The monoisotopic (exact) mass is 386 g/mol. The molecule has 6 nitrogen and oxygen atoms in total. The molecule has 2 aliphatic heterocycles. The summed E-state index contributed by atoms with van der Waals surface area (Å²) in [6, 6.07) is 7.83. The highest BCUT2D eigenvalue weighted by atomic mass is 16.7. The highest BCUT2D eigenvalue weighted by Gasteiger charge is 2.42. The van der Waals surface area contributed by atoms with E-state index in [1.807, 2.05) is 36.1 Å². The standard InChI is InChI=1S/C22H30N2O4/c1-16-4-2-3-5-19(16)23-20(25)17-6-8-18(9-7-17)21(26)24-12-10-22(11-13-24)27-14-15-28-22/h2-5,17-18H,6-15H2,1H3,(H,23,25). The zero-order chi connectivity index (χ0) is 19.6. The second kappa shape index (κ2) is 8.21. The number of hydrogen-bond donors (Lipinski definition) is 1. The number of likely N-dealkylation sites (tertiary alicyclic amines) is 1. The number of hydrogen-bond acceptors (Lipinski definition) is 4. The number of nitrogens with zero attached hydrogens (tertiary/aromatic N) is 1. The van der Waals surface area contributed by atoms with Crippen LogP contribution in [0.1, 0.15) is 44.1 Å². The molecule has 152 valence electrons. The summed E-state index contributed by atoms with van der Waals surface area (Å²) in [5, 5.41) is 3.05. The first-order valence-corrected chi connectivity index (χ1v) is 10.5. The number of nitrogens with one attached hydrogen (secondary N) is 1. The second-order valence-electron chi connectivity index (χ2n) is 8.29. The van der Waals surface area contributed by atoms with Gasteiger partial charge in [-0.25, -0.2) is 0 Å². The quantitative estimate of drug-likeness (QED) is 0.867. The Balaban J connectivity index is 1.25. The van der Waals surface area contributed by atoms with E-state index in [9.17, 15) is 9.59 Å². The molecular weight excluding hydrogens is 356 g/mol. The number of amides is 2. The number of carbonyl (C=O) groups is 2. The van der Waals surface area contributed by atoms with E-state index < -0.39 is 5.79 Å². The summed E-state index contributed by atoms with van der Waals surface area (Å²) in [5.41, 5.74) is 1.95. The fraction of sp³-hybridized carbons (Fsp3) is 0.636. The van der Waals surface area contributed by atoms with Crippen molar-refractivity contribution in [2.45, 2.75) is 51.2 Å². The SMILES string of the molecule is Cc1ccccc1NC(=O)C1CCC(C(=O)N2CCC3(CC2)OCCO3)CC1. The van der Waals surface area contributed by atoms with Crippen LogP contribution in [0.3, 0.4) is 0 Å². The number of carbonyl (C=O) groups excluding carboxylic acids is 2. The minimum Gasteiger partial charge on any atom is -0.347 e. The fourth-order valence-electron chi connectivity index (χ4n) is 4.66. The molecule has 28 heavy (non-hydrogen) atoms. The van der Waals surface area contributed by atoms with Crippen molar-refractivity contribution < 1.29 is 19.1 Å². The fourth-order valence-corrected chi connectivity index (χ4v) is 4.66. The van der Waals surface area contributed by atoms with E-state index >= 15 is 0 Å². The molecule has 2 amide bonds. The van der Waals surface area contributed by atoms with Crippen LogP contribution < -0.4 is 5.32 Å². The van der Waals surface area contributed by atoms with Gasteiger partial charge < -0.3 is 19.7 Å². The molecule has 0 unspecified atom stereocenters. The van der Waals surface area contributed by atoms with Crippen LogP contribution in [0, 0.1) is 18.8 Å². The Labute approximate surface area is 166 Å². The van der Waals surface area contributed by atoms with Crippen molar-refractivity contribution in [3.05, 3.63) is 29.8 Å². The summed E-state index contributed by atoms with van der Waals surface area (Å²) < 4.78 is 11.5. The molecule has 0 aromatic heterocycles. The van der Waals surface area contributed by atoms with Gasteiger partial charge in [-0.2, -0.15) is 0 Å². The molecule has 1 aromatic carbocycles. The van der Waals surface area contributed by atoms with Crippen LogP contribution in [0.2, 0.25) is 0 Å². The third-order valence-electron chi connectivity index (χ3n) is 6.50. The number of ether oxygens (including phenoxy) is 2. The number of piperidine rings is 1. The number of benzene rings is 1. The maximum atomic E-state index is 12.9. The molecule has 6 heteroatoms. The molecule has 3 aliphatic rings. The van der Waals surface area contributed by atoms with Gasteiger partial charge in [-0.15, -0.1) is 0 Å². The van der Waals surface area contributed by atoms with E-state index in [2.05, 4.69) is 5.32 Å². The van der Waals surface area contributed by atoms with Gasteiger partial charge >= 0.3 is 0 Å². The largest absolute Gasteiger partial charge is 0.347 e. The topological polar surface area (TPSA) is 67.9 Å². The molecule has 4 rings (SSSR count). The predicted molar refractivity (Wildman–Crippen MR) is 106 cm³/mol. The zero-order valence-corrected chi connectivity index (χ0v) is 16.6. The van der Waals surface area contributed by atoms with Crippen molar-refractivity contribution in [3.8, 4) is 0 Å². The summed E-state index contributed by atoms with van der Waals surface area (Å²) in [7, 11) is 0. The minimum absolute atomic E-state index is 0.00595. The number of para-hydroxylation sites is 1. The van der Waals surface area contributed by atoms with Crippen LogP contribution in [0.25, 0.3) is 0 Å². The first kappa shape index (κ1) is 19.4. The highest BCUT2D eigenvalue weighted by molar-refractivity contribution is 5.93. The van der Waals surface area contributed by atoms with E-state index in [1.54, 1.807) is 0 Å². The van der Waals surface area contributed by atoms with Crippen LogP contribution in [0.5, 0.6) is 0 Å². The smallest absolute Gasteiger partial charge is 0.227 e. The first-order valence-electron chi connectivity index (χ1n) is 10.5. The normalized spacial score (nSPS) is 27.0. The highest BCUT2D eigenvalue weighted by Crippen LogP contribution is 2.35. The van der Waals surface area contributed by atoms with Crippen LogP contribution in [0.4, 0.5) is 5.69 Å². The van der Waals surface area contributed by atoms with Crippen LogP contribution >= 0.6 is 0 Å². The first-order chi connectivity index (χ1) is 13.6. The molecule has 1 aliphatic carbocycles. The van der Waals surface area contributed by atoms with Crippen molar-refractivity contribution in [3.63, 3.8) is 0 Å². The summed E-state index contributed by atoms with van der Waals surface area (Å²) in [6.45, 7) is 4.71. The molecule has 0 radical (unpaired) electrons. The summed E-state index contributed by atoms with van der Waals surface area (Å²) >= 11 is 0. The van der Waals surface area contributed by atoms with E-state index in [0.29, 0.717) is 26.3 Å². The van der Waals surface area contributed by atoms with E-state index in [4.69, 9.17) is 9.47 Å². The Morgan fingerprint density at radius 1 is 1.00 bits per heavy atom. The molecular formula is C22H30N2O4. The maximum absolute atomic E-state index is 12.9. The van der Waals surface area contributed by atoms with Gasteiger partial charge in [0.05, 0.1) is 13.2 Å². The number of rotatable bonds is 3. The molecule has 1 spiro atoms. The number of aryl methyl sites for hydroxylation is 1. The van der Waals surface area contributed by atoms with E-state index in [0.717, 1.165) is 49.8 Å². The van der Waals surface area contributed by atoms with Gasteiger partial charge in [0.2, 0.25) is 11.8 Å². The third kappa shape index (κ3) is 4.08. The maximum Gasteiger partial charge on any atom is 0.227 e. The lowest BCUT2D eigenvalue weighted by molar-refractivity contribution is -0.188. The summed E-state index contributed by atoms with van der Waals surface area (Å²) in [6.07, 6.45) is 4.65. The Bertz CT molecular complexity index is 711. The lowest BCUT2D eigenvalue weighted by atomic mass is 9.80. The molecule has 2 heterocycles. The van der Waals surface area contributed by atoms with Gasteiger partial charge in [-0.05, 0) is 44.2 Å². The van der Waals surface area contributed by atoms with Gasteiger partial charge in [0.15, 0.2) is 5.79 Å². The van der Waals surface area contributed by atoms with Gasteiger partial charge in [0.1, 0.15) is 0 Å². The molecule has 0 atom stereocenters. The average Bonchev–Trinajstić information content (AvgIpc) is 3.18. The van der Waals surface area contributed by atoms with Crippen molar-refractivity contribution in [2.24, 2.45) is 11.8 Å².